The van der Waals surface area contributed by atoms with Gasteiger partial charge < -0.3 is 24.3 Å². The predicted molar refractivity (Wildman–Crippen MR) is 120 cm³/mol. The highest BCUT2D eigenvalue weighted by Gasteiger charge is 2.25. The third-order valence-corrected chi connectivity index (χ3v) is 4.49. The Kier molecular flexibility index (Phi) is 8.14. The first-order valence-electron chi connectivity index (χ1n) is 9.93. The molecular formula is C23H23N3O7. The molecule has 3 aromatic rings. The van der Waals surface area contributed by atoms with Gasteiger partial charge in [-0.25, -0.2) is 0 Å². The molecule has 1 N–H and O–H groups in total. The molecule has 1 amide bonds. The van der Waals surface area contributed by atoms with Crippen molar-refractivity contribution < 1.29 is 28.7 Å². The van der Waals surface area contributed by atoms with Gasteiger partial charge in [0.25, 0.3) is 11.6 Å². The van der Waals surface area contributed by atoms with Gasteiger partial charge in [0, 0.05) is 42.9 Å². The minimum absolute atomic E-state index is 0.142. The molecule has 0 aliphatic carbocycles. The van der Waals surface area contributed by atoms with E-state index in [4.69, 9.17) is 18.9 Å². The number of pyridine rings is 1. The summed E-state index contributed by atoms with van der Waals surface area (Å²) < 4.78 is 21.4. The molecule has 0 spiro atoms. The molecule has 33 heavy (non-hydrogen) atoms. The van der Waals surface area contributed by atoms with E-state index in [0.29, 0.717) is 24.7 Å². The molecule has 10 heteroatoms. The van der Waals surface area contributed by atoms with Crippen LogP contribution in [0.5, 0.6) is 17.2 Å². The number of rotatable bonds is 11. The zero-order valence-corrected chi connectivity index (χ0v) is 18.1. The van der Waals surface area contributed by atoms with Crippen LogP contribution in [0.4, 0.5) is 11.4 Å². The zero-order chi connectivity index (χ0) is 23.6. The molecule has 0 aliphatic rings. The maximum Gasteiger partial charge on any atom is 0.286 e. The zero-order valence-electron chi connectivity index (χ0n) is 18.1. The van der Waals surface area contributed by atoms with Crippen LogP contribution >= 0.6 is 0 Å². The highest BCUT2D eigenvalue weighted by Crippen LogP contribution is 2.35. The molecule has 1 heterocycles. The first-order chi connectivity index (χ1) is 16.0. The fraction of sp³-hybridized carbons (Fsp3) is 0.217. The summed E-state index contributed by atoms with van der Waals surface area (Å²) in [5.41, 5.74) is 0.724. The molecular weight excluding hydrogens is 430 g/mol. The normalized spacial score (nSPS) is 10.4. The van der Waals surface area contributed by atoms with Crippen LogP contribution in [-0.4, -0.2) is 43.2 Å². The third-order valence-electron chi connectivity index (χ3n) is 4.49. The van der Waals surface area contributed by atoms with Crippen molar-refractivity contribution in [2.45, 2.75) is 6.61 Å². The topological polar surface area (TPSA) is 122 Å². The number of benzene rings is 2. The van der Waals surface area contributed by atoms with Crippen molar-refractivity contribution in [3.8, 4) is 17.2 Å². The number of hydrogen-bond acceptors (Lipinski definition) is 8. The second-order valence-corrected chi connectivity index (χ2v) is 6.75. The van der Waals surface area contributed by atoms with Gasteiger partial charge >= 0.3 is 0 Å². The first kappa shape index (κ1) is 23.5. The van der Waals surface area contributed by atoms with Gasteiger partial charge in [0.1, 0.15) is 24.5 Å². The van der Waals surface area contributed by atoms with Crippen LogP contribution in [0.2, 0.25) is 0 Å². The minimum atomic E-state index is -0.673. The fourth-order valence-electron chi connectivity index (χ4n) is 2.90. The molecule has 3 rings (SSSR count). The van der Waals surface area contributed by atoms with Crippen molar-refractivity contribution in [1.29, 1.82) is 0 Å². The monoisotopic (exact) mass is 453 g/mol. The molecule has 10 nitrogen and oxygen atoms in total. The Hall–Kier alpha value is -4.18. The lowest BCUT2D eigenvalue weighted by Gasteiger charge is -2.13. The van der Waals surface area contributed by atoms with Gasteiger partial charge in [-0.15, -0.1) is 0 Å². The smallest absolute Gasteiger partial charge is 0.286 e. The van der Waals surface area contributed by atoms with Crippen molar-refractivity contribution >= 4 is 17.3 Å². The Bertz CT molecular complexity index is 1110. The molecule has 0 atom stereocenters. The van der Waals surface area contributed by atoms with Gasteiger partial charge in [-0.2, -0.15) is 0 Å². The Balaban J connectivity index is 1.78. The lowest BCUT2D eigenvalue weighted by atomic mass is 10.1. The van der Waals surface area contributed by atoms with Crippen LogP contribution in [0.25, 0.3) is 0 Å². The van der Waals surface area contributed by atoms with Crippen LogP contribution < -0.4 is 19.5 Å². The molecule has 0 saturated heterocycles. The summed E-state index contributed by atoms with van der Waals surface area (Å²) in [6, 6.07) is 12.9. The maximum absolute atomic E-state index is 12.9. The number of nitrogens with zero attached hydrogens (tertiary/aromatic N) is 2. The molecule has 0 unspecified atom stereocenters. The van der Waals surface area contributed by atoms with E-state index in [9.17, 15) is 14.9 Å². The quantitative estimate of drug-likeness (QED) is 0.264. The summed E-state index contributed by atoms with van der Waals surface area (Å²) >= 11 is 0. The number of anilines is 1. The van der Waals surface area contributed by atoms with E-state index in [1.165, 1.54) is 20.3 Å². The summed E-state index contributed by atoms with van der Waals surface area (Å²) in [5.74, 6) is 0.178. The number of amides is 1. The summed E-state index contributed by atoms with van der Waals surface area (Å²) in [4.78, 5) is 27.9. The van der Waals surface area contributed by atoms with Gasteiger partial charge in [0.05, 0.1) is 24.7 Å². The summed E-state index contributed by atoms with van der Waals surface area (Å²) in [6.45, 7) is 0.762. The van der Waals surface area contributed by atoms with E-state index < -0.39 is 16.5 Å². The van der Waals surface area contributed by atoms with E-state index in [1.807, 2.05) is 12.1 Å². The largest absolute Gasteiger partial charge is 0.493 e. The number of carbonyl (C=O) groups excluding carboxylic acids is 1. The van der Waals surface area contributed by atoms with Gasteiger partial charge in [-0.1, -0.05) is 12.1 Å². The van der Waals surface area contributed by atoms with Crippen molar-refractivity contribution in [1.82, 2.24) is 4.98 Å². The van der Waals surface area contributed by atoms with Gasteiger partial charge in [0.15, 0.2) is 11.5 Å². The average molecular weight is 453 g/mol. The van der Waals surface area contributed by atoms with E-state index in [-0.39, 0.29) is 23.7 Å². The van der Waals surface area contributed by atoms with Crippen molar-refractivity contribution in [3.63, 3.8) is 0 Å². The van der Waals surface area contributed by atoms with Gasteiger partial charge in [0.2, 0.25) is 0 Å². The van der Waals surface area contributed by atoms with E-state index in [2.05, 4.69) is 10.3 Å². The fourth-order valence-corrected chi connectivity index (χ4v) is 2.90. The summed E-state index contributed by atoms with van der Waals surface area (Å²) in [7, 11) is 2.89. The highest BCUT2D eigenvalue weighted by atomic mass is 16.6. The van der Waals surface area contributed by atoms with E-state index in [0.717, 1.165) is 11.6 Å². The molecule has 0 saturated carbocycles. The number of carbonyl (C=O) groups is 1. The standard InChI is InChI=1S/C23H23N3O7/c1-30-9-10-32-22-13-20(26(28)29)19(12-21(22)31-2)23(27)25-17-6-3-7-18(11-17)33-15-16-5-4-8-24-14-16/h3-8,11-14H,9-10,15H2,1-2H3,(H,25,27). The Morgan fingerprint density at radius 1 is 1.06 bits per heavy atom. The van der Waals surface area contributed by atoms with Crippen LogP contribution in [0.1, 0.15) is 15.9 Å². The molecule has 0 fully saturated rings. The number of nitro groups is 1. The number of aromatic nitrogens is 1. The van der Waals surface area contributed by atoms with Crippen molar-refractivity contribution in [2.75, 3.05) is 32.8 Å². The number of ether oxygens (including phenoxy) is 4. The summed E-state index contributed by atoms with van der Waals surface area (Å²) in [6.07, 6.45) is 3.37. The van der Waals surface area contributed by atoms with Crippen LogP contribution in [-0.2, 0) is 11.3 Å². The Morgan fingerprint density at radius 3 is 2.61 bits per heavy atom. The minimum Gasteiger partial charge on any atom is -0.493 e. The lowest BCUT2D eigenvalue weighted by Crippen LogP contribution is -2.15. The molecule has 172 valence electrons. The Labute approximate surface area is 190 Å². The number of nitro benzene ring substituents is 1. The maximum atomic E-state index is 12.9. The first-order valence-corrected chi connectivity index (χ1v) is 9.93. The van der Waals surface area contributed by atoms with Gasteiger partial charge in [-0.05, 0) is 18.2 Å². The Morgan fingerprint density at radius 2 is 1.91 bits per heavy atom. The van der Waals surface area contributed by atoms with Crippen molar-refractivity contribution in [3.05, 3.63) is 82.2 Å². The van der Waals surface area contributed by atoms with Gasteiger partial charge in [-0.3, -0.25) is 19.9 Å². The molecule has 0 bridgehead atoms. The second-order valence-electron chi connectivity index (χ2n) is 6.75. The number of nitrogens with one attached hydrogen (secondary N) is 1. The van der Waals surface area contributed by atoms with Crippen LogP contribution in [0.15, 0.2) is 60.9 Å². The SMILES string of the molecule is COCCOc1cc([N+](=O)[O-])c(C(=O)Nc2cccc(OCc3cccnc3)c2)cc1OC. The van der Waals surface area contributed by atoms with E-state index >= 15 is 0 Å². The van der Waals surface area contributed by atoms with E-state index in [1.54, 1.807) is 36.7 Å². The third kappa shape index (κ3) is 6.40. The number of hydrogen-bond donors (Lipinski definition) is 1. The lowest BCUT2D eigenvalue weighted by molar-refractivity contribution is -0.385. The number of methoxy groups -OCH3 is 2. The second kappa shape index (κ2) is 11.4. The van der Waals surface area contributed by atoms with Crippen molar-refractivity contribution in [2.24, 2.45) is 0 Å². The molecule has 0 aliphatic heterocycles. The van der Waals surface area contributed by atoms with Crippen LogP contribution in [0, 0.1) is 10.1 Å². The summed E-state index contributed by atoms with van der Waals surface area (Å²) in [5, 5.41) is 14.3. The highest BCUT2D eigenvalue weighted by molar-refractivity contribution is 6.07. The average Bonchev–Trinajstić information content (AvgIpc) is 2.83. The predicted octanol–water partition coefficient (Wildman–Crippen LogP) is 3.85. The molecule has 1 aromatic heterocycles. The van der Waals surface area contributed by atoms with Crippen LogP contribution in [0.3, 0.4) is 0 Å². The molecule has 0 radical (unpaired) electrons. The molecule has 2 aromatic carbocycles.